The second kappa shape index (κ2) is 12.2. The highest BCUT2D eigenvalue weighted by atomic mass is 32.2. The van der Waals surface area contributed by atoms with Gasteiger partial charge in [0.25, 0.3) is 0 Å². The largest absolute Gasteiger partial charge is 0.494 e. The van der Waals surface area contributed by atoms with Gasteiger partial charge in [0.15, 0.2) is 10.8 Å². The molecule has 0 aliphatic rings. The van der Waals surface area contributed by atoms with Gasteiger partial charge in [-0.25, -0.2) is 15.0 Å². The third-order valence-electron chi connectivity index (χ3n) is 5.30. The third-order valence-corrected chi connectivity index (χ3v) is 7.30. The zero-order valence-electron chi connectivity index (χ0n) is 20.9. The van der Waals surface area contributed by atoms with Crippen LogP contribution in [0.25, 0.3) is 16.5 Å². The summed E-state index contributed by atoms with van der Waals surface area (Å²) in [6, 6.07) is 5.63. The first-order chi connectivity index (χ1) is 17.5. The second-order valence-electron chi connectivity index (χ2n) is 7.99. The van der Waals surface area contributed by atoms with Crippen LogP contribution < -0.4 is 14.2 Å². The van der Waals surface area contributed by atoms with Gasteiger partial charge in [-0.3, -0.25) is 9.29 Å². The average molecular weight is 528 g/mol. The van der Waals surface area contributed by atoms with Crippen molar-refractivity contribution in [1.82, 2.24) is 29.7 Å². The average Bonchev–Trinajstić information content (AvgIpc) is 3.52. The van der Waals surface area contributed by atoms with Gasteiger partial charge in [0.1, 0.15) is 23.0 Å². The van der Waals surface area contributed by atoms with Crippen molar-refractivity contribution in [2.24, 2.45) is 0 Å². The predicted octanol–water partition coefficient (Wildman–Crippen LogP) is 4.52. The van der Waals surface area contributed by atoms with E-state index in [1.54, 1.807) is 21.3 Å². The molecule has 4 aromatic rings. The molecule has 0 fully saturated rings. The van der Waals surface area contributed by atoms with E-state index in [1.807, 2.05) is 54.4 Å². The molecule has 0 aliphatic carbocycles. The van der Waals surface area contributed by atoms with Crippen molar-refractivity contribution in [2.75, 3.05) is 32.7 Å². The van der Waals surface area contributed by atoms with E-state index in [1.165, 1.54) is 23.3 Å². The Kier molecular flexibility index (Phi) is 8.73. The van der Waals surface area contributed by atoms with Crippen LogP contribution in [0.2, 0.25) is 0 Å². The number of hydrogen-bond acceptors (Lipinski definition) is 11. The summed E-state index contributed by atoms with van der Waals surface area (Å²) in [6.07, 6.45) is 5.14. The Bertz CT molecular complexity index is 1250. The Morgan fingerprint density at radius 1 is 1.06 bits per heavy atom. The number of nitrogens with zero attached hydrogens (tertiary/aromatic N) is 6. The maximum atomic E-state index is 5.69. The number of aromatic nitrogens is 6. The summed E-state index contributed by atoms with van der Waals surface area (Å²) < 4.78 is 22.0. The Morgan fingerprint density at radius 2 is 1.78 bits per heavy atom. The Labute approximate surface area is 218 Å². The number of nitrogens with one attached hydrogen (secondary N) is 1. The highest BCUT2D eigenvalue weighted by Crippen LogP contribution is 2.38. The molecule has 190 valence electrons. The lowest BCUT2D eigenvalue weighted by Gasteiger charge is -2.19. The molecule has 3 heterocycles. The number of aryl methyl sites for hydroxylation is 2. The summed E-state index contributed by atoms with van der Waals surface area (Å²) in [6.45, 7) is 4.54. The van der Waals surface area contributed by atoms with Crippen LogP contribution in [0.4, 0.5) is 5.95 Å². The van der Waals surface area contributed by atoms with Crippen molar-refractivity contribution in [3.05, 3.63) is 53.1 Å². The first kappa shape index (κ1) is 25.9. The van der Waals surface area contributed by atoms with Gasteiger partial charge in [-0.05, 0) is 49.9 Å². The smallest absolute Gasteiger partial charge is 0.239 e. The van der Waals surface area contributed by atoms with Gasteiger partial charge < -0.3 is 14.2 Å². The standard InChI is InChI=1S/C24H29N7O3S2/c1-15-12-25-20(26-13-15)11-17(9-10-32-3)36-30-24-29-28-22(23-27-16(2)14-35-23)31(24)21-18(33-4)7-6-8-19(21)34-5/h6-8,12-14,17H,9-11H2,1-5H3,(H,29,30). The van der Waals surface area contributed by atoms with Crippen molar-refractivity contribution in [1.29, 1.82) is 0 Å². The Balaban J connectivity index is 1.69. The molecule has 0 aliphatic heterocycles. The van der Waals surface area contributed by atoms with E-state index in [0.717, 1.165) is 28.5 Å². The number of hydrogen-bond donors (Lipinski definition) is 1. The van der Waals surface area contributed by atoms with E-state index < -0.39 is 0 Å². The van der Waals surface area contributed by atoms with Gasteiger partial charge in [-0.2, -0.15) is 0 Å². The molecule has 1 N–H and O–H groups in total. The summed E-state index contributed by atoms with van der Waals surface area (Å²) >= 11 is 3.04. The number of rotatable bonds is 12. The number of thiazole rings is 1. The topological polar surface area (TPSA) is 109 Å². The molecule has 0 amide bonds. The van der Waals surface area contributed by atoms with Gasteiger partial charge in [-0.1, -0.05) is 6.07 Å². The summed E-state index contributed by atoms with van der Waals surface area (Å²) in [5, 5.41) is 11.8. The van der Waals surface area contributed by atoms with Crippen molar-refractivity contribution in [3.8, 4) is 28.0 Å². The lowest BCUT2D eigenvalue weighted by molar-refractivity contribution is 0.194. The van der Waals surface area contributed by atoms with Crippen LogP contribution in [0, 0.1) is 13.8 Å². The molecule has 3 aromatic heterocycles. The van der Waals surface area contributed by atoms with Crippen molar-refractivity contribution < 1.29 is 14.2 Å². The van der Waals surface area contributed by atoms with Crippen LogP contribution in [-0.2, 0) is 11.2 Å². The van der Waals surface area contributed by atoms with Gasteiger partial charge >= 0.3 is 0 Å². The summed E-state index contributed by atoms with van der Waals surface area (Å²) in [7, 11) is 4.95. The van der Waals surface area contributed by atoms with E-state index in [4.69, 9.17) is 14.2 Å². The number of benzene rings is 1. The van der Waals surface area contributed by atoms with E-state index in [2.05, 4.69) is 29.9 Å². The van der Waals surface area contributed by atoms with Crippen LogP contribution in [0.1, 0.15) is 23.5 Å². The molecule has 10 nitrogen and oxygen atoms in total. The molecule has 12 heteroatoms. The maximum Gasteiger partial charge on any atom is 0.239 e. The Hall–Kier alpha value is -3.22. The molecule has 1 unspecified atom stereocenters. The zero-order chi connectivity index (χ0) is 25.5. The van der Waals surface area contributed by atoms with E-state index in [-0.39, 0.29) is 5.25 Å². The third kappa shape index (κ3) is 5.94. The fraction of sp³-hybridized carbons (Fsp3) is 0.375. The van der Waals surface area contributed by atoms with E-state index in [0.29, 0.717) is 42.0 Å². The molecule has 0 spiro atoms. The number of ether oxygens (including phenoxy) is 3. The maximum absolute atomic E-state index is 5.69. The van der Waals surface area contributed by atoms with Gasteiger partial charge in [-0.15, -0.1) is 21.5 Å². The number of anilines is 1. The molecular weight excluding hydrogens is 498 g/mol. The van der Waals surface area contributed by atoms with Crippen molar-refractivity contribution in [3.63, 3.8) is 0 Å². The van der Waals surface area contributed by atoms with Crippen LogP contribution in [0.3, 0.4) is 0 Å². The lowest BCUT2D eigenvalue weighted by Crippen LogP contribution is -2.16. The predicted molar refractivity (Wildman–Crippen MR) is 142 cm³/mol. The SMILES string of the molecule is COCCC(Cc1ncc(C)cn1)SNc1nnc(-c2nc(C)cs2)n1-c1c(OC)cccc1OC. The van der Waals surface area contributed by atoms with Crippen LogP contribution >= 0.6 is 23.3 Å². The minimum Gasteiger partial charge on any atom is -0.494 e. The summed E-state index contributed by atoms with van der Waals surface area (Å²) in [5.74, 6) is 3.15. The highest BCUT2D eigenvalue weighted by molar-refractivity contribution is 8.01. The highest BCUT2D eigenvalue weighted by Gasteiger charge is 2.25. The quantitative estimate of drug-likeness (QED) is 0.264. The Morgan fingerprint density at radius 3 is 2.39 bits per heavy atom. The molecule has 1 aromatic carbocycles. The molecular formula is C24H29N7O3S2. The van der Waals surface area contributed by atoms with Crippen molar-refractivity contribution >= 4 is 29.2 Å². The van der Waals surface area contributed by atoms with Crippen LogP contribution in [0.15, 0.2) is 36.0 Å². The van der Waals surface area contributed by atoms with Crippen LogP contribution in [-0.4, -0.2) is 62.9 Å². The first-order valence-electron chi connectivity index (χ1n) is 11.3. The monoisotopic (exact) mass is 527 g/mol. The lowest BCUT2D eigenvalue weighted by atomic mass is 10.2. The van der Waals surface area contributed by atoms with Gasteiger partial charge in [0.2, 0.25) is 5.95 Å². The van der Waals surface area contributed by atoms with E-state index >= 15 is 0 Å². The molecule has 0 saturated heterocycles. The normalized spacial score (nSPS) is 11.9. The van der Waals surface area contributed by atoms with Crippen molar-refractivity contribution in [2.45, 2.75) is 31.9 Å². The molecule has 4 rings (SSSR count). The molecule has 0 saturated carbocycles. The number of para-hydroxylation sites is 1. The van der Waals surface area contributed by atoms with Gasteiger partial charge in [0.05, 0.1) is 14.2 Å². The second-order valence-corrected chi connectivity index (χ2v) is 9.96. The zero-order valence-corrected chi connectivity index (χ0v) is 22.5. The van der Waals surface area contributed by atoms with Crippen LogP contribution in [0.5, 0.6) is 11.5 Å². The number of methoxy groups -OCH3 is 3. The molecule has 0 radical (unpaired) electrons. The minimum absolute atomic E-state index is 0.128. The fourth-order valence-electron chi connectivity index (χ4n) is 3.53. The van der Waals surface area contributed by atoms with E-state index in [9.17, 15) is 0 Å². The summed E-state index contributed by atoms with van der Waals surface area (Å²) in [5.41, 5.74) is 2.63. The fourth-order valence-corrected chi connectivity index (χ4v) is 5.15. The molecule has 1 atom stereocenters. The van der Waals surface area contributed by atoms with Gasteiger partial charge in [0, 0.05) is 48.9 Å². The summed E-state index contributed by atoms with van der Waals surface area (Å²) in [4.78, 5) is 13.6. The molecule has 36 heavy (non-hydrogen) atoms. The first-order valence-corrected chi connectivity index (χ1v) is 13.1. The minimum atomic E-state index is 0.128. The molecule has 0 bridgehead atoms.